The molecular formula is C17H21ClN4O3S. The lowest BCUT2D eigenvalue weighted by Gasteiger charge is -2.32. The predicted octanol–water partition coefficient (Wildman–Crippen LogP) is 2.86. The van der Waals surface area contributed by atoms with Crippen molar-refractivity contribution in [3.63, 3.8) is 0 Å². The first-order valence-corrected chi connectivity index (χ1v) is 9.75. The van der Waals surface area contributed by atoms with Gasteiger partial charge in [0, 0.05) is 18.1 Å². The van der Waals surface area contributed by atoms with Crippen molar-refractivity contribution in [3.8, 4) is 17.1 Å². The molecule has 0 saturated carbocycles. The average molecular weight is 397 g/mol. The van der Waals surface area contributed by atoms with E-state index in [1.54, 1.807) is 25.3 Å². The zero-order valence-corrected chi connectivity index (χ0v) is 16.3. The second-order valence-corrected chi connectivity index (χ2v) is 7.22. The van der Waals surface area contributed by atoms with Crippen LogP contribution >= 0.6 is 23.4 Å². The minimum absolute atomic E-state index is 0.0726. The fraction of sp³-hybridized carbons (Fsp3) is 0.471. The molecule has 0 aliphatic carbocycles. The van der Waals surface area contributed by atoms with Gasteiger partial charge in [0.05, 0.1) is 31.1 Å². The predicted molar refractivity (Wildman–Crippen MR) is 101 cm³/mol. The van der Waals surface area contributed by atoms with Gasteiger partial charge in [-0.2, -0.15) is 0 Å². The van der Waals surface area contributed by atoms with E-state index in [2.05, 4.69) is 22.1 Å². The Morgan fingerprint density at radius 2 is 2.38 bits per heavy atom. The van der Waals surface area contributed by atoms with Crippen molar-refractivity contribution >= 4 is 29.3 Å². The summed E-state index contributed by atoms with van der Waals surface area (Å²) < 4.78 is 10.9. The van der Waals surface area contributed by atoms with E-state index in [1.165, 1.54) is 11.8 Å². The lowest BCUT2D eigenvalue weighted by Crippen LogP contribution is -2.46. The molecule has 0 spiro atoms. The molecule has 2 heterocycles. The van der Waals surface area contributed by atoms with Gasteiger partial charge in [-0.1, -0.05) is 30.3 Å². The minimum atomic E-state index is 0.0726. The molecule has 1 fully saturated rings. The number of H-pyrrole nitrogens is 1. The van der Waals surface area contributed by atoms with Crippen molar-refractivity contribution in [2.45, 2.75) is 24.6 Å². The van der Waals surface area contributed by atoms with E-state index in [-0.39, 0.29) is 12.0 Å². The van der Waals surface area contributed by atoms with Crippen LogP contribution in [0.4, 0.5) is 0 Å². The third kappa shape index (κ3) is 4.49. The van der Waals surface area contributed by atoms with Crippen LogP contribution in [0.2, 0.25) is 5.02 Å². The topological polar surface area (TPSA) is 80.3 Å². The summed E-state index contributed by atoms with van der Waals surface area (Å²) in [4.78, 5) is 18.7. The van der Waals surface area contributed by atoms with Crippen molar-refractivity contribution in [2.75, 3.05) is 32.6 Å². The number of morpholine rings is 1. The molecule has 1 N–H and O–H groups in total. The highest BCUT2D eigenvalue weighted by molar-refractivity contribution is 7.99. The van der Waals surface area contributed by atoms with Gasteiger partial charge in [-0.3, -0.25) is 9.89 Å². The van der Waals surface area contributed by atoms with Crippen LogP contribution in [0.1, 0.15) is 13.3 Å². The van der Waals surface area contributed by atoms with Gasteiger partial charge in [0.25, 0.3) is 0 Å². The quantitative estimate of drug-likeness (QED) is 0.756. The Hall–Kier alpha value is -1.77. The summed E-state index contributed by atoms with van der Waals surface area (Å²) >= 11 is 7.36. The zero-order chi connectivity index (χ0) is 18.5. The number of carbonyl (C=O) groups excluding carboxylic acids is 1. The molecule has 1 atom stereocenters. The van der Waals surface area contributed by atoms with E-state index < -0.39 is 0 Å². The Kier molecular flexibility index (Phi) is 6.39. The van der Waals surface area contributed by atoms with Crippen LogP contribution in [0.5, 0.6) is 5.75 Å². The zero-order valence-electron chi connectivity index (χ0n) is 14.7. The molecule has 0 bridgehead atoms. The minimum Gasteiger partial charge on any atom is -0.496 e. The number of hydrogen-bond acceptors (Lipinski definition) is 6. The van der Waals surface area contributed by atoms with Crippen molar-refractivity contribution < 1.29 is 14.3 Å². The Labute approximate surface area is 161 Å². The Balaban J connectivity index is 1.62. The molecule has 140 valence electrons. The molecular weight excluding hydrogens is 376 g/mol. The second-order valence-electron chi connectivity index (χ2n) is 5.84. The average Bonchev–Trinajstić information content (AvgIpc) is 3.15. The lowest BCUT2D eigenvalue weighted by molar-refractivity contribution is -0.135. The van der Waals surface area contributed by atoms with E-state index in [9.17, 15) is 4.79 Å². The number of aromatic nitrogens is 3. The van der Waals surface area contributed by atoms with E-state index >= 15 is 0 Å². The van der Waals surface area contributed by atoms with Crippen LogP contribution in [0.15, 0.2) is 23.4 Å². The first kappa shape index (κ1) is 19.0. The normalized spacial score (nSPS) is 17.3. The molecule has 2 aromatic rings. The van der Waals surface area contributed by atoms with Crippen LogP contribution in [0.25, 0.3) is 11.4 Å². The summed E-state index contributed by atoms with van der Waals surface area (Å²) in [5, 5.41) is 8.15. The number of ether oxygens (including phenoxy) is 2. The van der Waals surface area contributed by atoms with Gasteiger partial charge in [0.2, 0.25) is 11.1 Å². The van der Waals surface area contributed by atoms with Crippen molar-refractivity contribution in [3.05, 3.63) is 23.2 Å². The first-order valence-electron chi connectivity index (χ1n) is 8.39. The molecule has 1 aromatic carbocycles. The molecule has 1 aromatic heterocycles. The Morgan fingerprint density at radius 3 is 3.15 bits per heavy atom. The number of nitrogens with one attached hydrogen (secondary N) is 1. The van der Waals surface area contributed by atoms with Gasteiger partial charge in [-0.15, -0.1) is 5.10 Å². The summed E-state index contributed by atoms with van der Waals surface area (Å²) in [5.74, 6) is 1.57. The number of aromatic amines is 1. The summed E-state index contributed by atoms with van der Waals surface area (Å²) in [5.41, 5.74) is 0.727. The number of hydrogen-bond donors (Lipinski definition) is 1. The molecule has 7 nitrogen and oxygen atoms in total. The van der Waals surface area contributed by atoms with Crippen molar-refractivity contribution in [2.24, 2.45) is 0 Å². The van der Waals surface area contributed by atoms with Crippen LogP contribution < -0.4 is 4.74 Å². The van der Waals surface area contributed by atoms with Gasteiger partial charge < -0.3 is 14.4 Å². The third-order valence-electron chi connectivity index (χ3n) is 4.15. The highest BCUT2D eigenvalue weighted by Gasteiger charge is 2.23. The molecule has 3 rings (SSSR count). The SMILES string of the molecule is CCC1CN(C(=O)CSc2n[nH]c(-c3cc(Cl)ccc3OC)n2)CCO1. The summed E-state index contributed by atoms with van der Waals surface area (Å²) in [6, 6.07) is 5.29. The van der Waals surface area contributed by atoms with E-state index in [4.69, 9.17) is 21.1 Å². The summed E-state index contributed by atoms with van der Waals surface area (Å²) in [7, 11) is 1.59. The molecule has 1 unspecified atom stereocenters. The maximum Gasteiger partial charge on any atom is 0.233 e. The highest BCUT2D eigenvalue weighted by atomic mass is 35.5. The molecule has 1 saturated heterocycles. The molecule has 1 aliphatic heterocycles. The number of methoxy groups -OCH3 is 1. The third-order valence-corrected chi connectivity index (χ3v) is 5.22. The summed E-state index contributed by atoms with van der Waals surface area (Å²) in [6.45, 7) is 3.94. The van der Waals surface area contributed by atoms with Gasteiger partial charge in [0.15, 0.2) is 5.82 Å². The molecule has 9 heteroatoms. The first-order chi connectivity index (χ1) is 12.6. The number of nitrogens with zero attached hydrogens (tertiary/aromatic N) is 3. The van der Waals surface area contributed by atoms with Gasteiger partial charge in [-0.05, 0) is 24.6 Å². The van der Waals surface area contributed by atoms with Crippen LogP contribution in [-0.4, -0.2) is 64.7 Å². The molecule has 0 radical (unpaired) electrons. The fourth-order valence-electron chi connectivity index (χ4n) is 2.71. The maximum absolute atomic E-state index is 12.4. The number of halogens is 1. The van der Waals surface area contributed by atoms with Gasteiger partial charge in [0.1, 0.15) is 5.75 Å². The monoisotopic (exact) mass is 396 g/mol. The van der Waals surface area contributed by atoms with Gasteiger partial charge >= 0.3 is 0 Å². The van der Waals surface area contributed by atoms with Crippen LogP contribution in [0.3, 0.4) is 0 Å². The van der Waals surface area contributed by atoms with Crippen molar-refractivity contribution in [1.82, 2.24) is 20.1 Å². The standard InChI is InChI=1S/C17H21ClN4O3S/c1-3-12-9-22(6-7-25-12)15(23)10-26-17-19-16(20-21-17)13-8-11(18)4-5-14(13)24-2/h4-5,8,12H,3,6-7,9-10H2,1-2H3,(H,19,20,21). The van der Waals surface area contributed by atoms with E-state index in [0.29, 0.717) is 47.2 Å². The number of rotatable bonds is 6. The lowest BCUT2D eigenvalue weighted by atomic mass is 10.2. The smallest absolute Gasteiger partial charge is 0.233 e. The Morgan fingerprint density at radius 1 is 1.54 bits per heavy atom. The van der Waals surface area contributed by atoms with Crippen LogP contribution in [-0.2, 0) is 9.53 Å². The second kappa shape index (κ2) is 8.75. The maximum atomic E-state index is 12.4. The molecule has 1 aliphatic rings. The number of carbonyl (C=O) groups is 1. The molecule has 26 heavy (non-hydrogen) atoms. The Bertz CT molecular complexity index is 770. The fourth-order valence-corrected chi connectivity index (χ4v) is 3.58. The van der Waals surface area contributed by atoms with E-state index in [1.807, 2.05) is 4.90 Å². The largest absolute Gasteiger partial charge is 0.496 e. The summed E-state index contributed by atoms with van der Waals surface area (Å²) in [6.07, 6.45) is 1.03. The number of thioether (sulfide) groups is 1. The number of benzene rings is 1. The van der Waals surface area contributed by atoms with E-state index in [0.717, 1.165) is 12.0 Å². The van der Waals surface area contributed by atoms with Crippen LogP contribution in [0, 0.1) is 0 Å². The highest BCUT2D eigenvalue weighted by Crippen LogP contribution is 2.31. The van der Waals surface area contributed by atoms with Crippen molar-refractivity contribution in [1.29, 1.82) is 0 Å². The molecule has 1 amide bonds. The number of amides is 1. The van der Waals surface area contributed by atoms with Gasteiger partial charge in [-0.25, -0.2) is 4.98 Å².